The maximum atomic E-state index is 11.5. The van der Waals surface area contributed by atoms with Gasteiger partial charge in [-0.15, -0.1) is 0 Å². The number of aromatic nitrogens is 1. The highest BCUT2D eigenvalue weighted by molar-refractivity contribution is 7.92. The second kappa shape index (κ2) is 8.46. The maximum absolute atomic E-state index is 11.5. The Morgan fingerprint density at radius 2 is 2.04 bits per heavy atom. The predicted octanol–water partition coefficient (Wildman–Crippen LogP) is 2.26. The van der Waals surface area contributed by atoms with E-state index >= 15 is 0 Å². The summed E-state index contributed by atoms with van der Waals surface area (Å²) >= 11 is 6.03. The average Bonchev–Trinajstić information content (AvgIpc) is 2.85. The number of nitrogens with one attached hydrogen (secondary N) is 2. The SMILES string of the molecule is CN=C(NCc1ccccc1NS(C)(=O)=O)N(C)Cc1cc(Cl)cn1C. The molecule has 2 rings (SSSR count). The molecule has 0 bridgehead atoms. The van der Waals surface area contributed by atoms with E-state index < -0.39 is 10.0 Å². The topological polar surface area (TPSA) is 78.7 Å². The molecular formula is C17H24ClN5O2S. The minimum atomic E-state index is -3.34. The average molecular weight is 398 g/mol. The fourth-order valence-electron chi connectivity index (χ4n) is 2.57. The number of nitrogens with zero attached hydrogens (tertiary/aromatic N) is 3. The summed E-state index contributed by atoms with van der Waals surface area (Å²) in [5.74, 6) is 0.691. The molecule has 142 valence electrons. The number of sulfonamides is 1. The van der Waals surface area contributed by atoms with E-state index in [1.165, 1.54) is 0 Å². The molecule has 0 radical (unpaired) electrons. The zero-order valence-corrected chi connectivity index (χ0v) is 16.9. The van der Waals surface area contributed by atoms with Crippen molar-refractivity contribution in [3.63, 3.8) is 0 Å². The molecule has 2 N–H and O–H groups in total. The zero-order chi connectivity index (χ0) is 19.3. The molecule has 0 aliphatic carbocycles. The van der Waals surface area contributed by atoms with E-state index in [1.54, 1.807) is 19.2 Å². The number of rotatable bonds is 6. The highest BCUT2D eigenvalue weighted by Gasteiger charge is 2.11. The first-order valence-corrected chi connectivity index (χ1v) is 10.2. The van der Waals surface area contributed by atoms with Crippen molar-refractivity contribution in [2.75, 3.05) is 25.1 Å². The van der Waals surface area contributed by atoms with Gasteiger partial charge >= 0.3 is 0 Å². The Balaban J connectivity index is 2.06. The first kappa shape index (κ1) is 20.1. The van der Waals surface area contributed by atoms with Crippen molar-refractivity contribution < 1.29 is 8.42 Å². The first-order valence-electron chi connectivity index (χ1n) is 7.98. The number of aryl methyl sites for hydroxylation is 1. The first-order chi connectivity index (χ1) is 12.2. The molecule has 0 saturated heterocycles. The fraction of sp³-hybridized carbons (Fsp3) is 0.353. The zero-order valence-electron chi connectivity index (χ0n) is 15.3. The van der Waals surface area contributed by atoms with Crippen LogP contribution >= 0.6 is 11.6 Å². The maximum Gasteiger partial charge on any atom is 0.229 e. The van der Waals surface area contributed by atoms with Gasteiger partial charge in [-0.1, -0.05) is 29.8 Å². The molecule has 1 heterocycles. The fourth-order valence-corrected chi connectivity index (χ4v) is 3.44. The van der Waals surface area contributed by atoms with E-state index in [0.29, 0.717) is 29.8 Å². The number of anilines is 1. The number of halogens is 1. The summed E-state index contributed by atoms with van der Waals surface area (Å²) in [6.07, 6.45) is 2.99. The molecule has 9 heteroatoms. The van der Waals surface area contributed by atoms with Gasteiger partial charge in [-0.25, -0.2) is 8.42 Å². The van der Waals surface area contributed by atoms with E-state index in [4.69, 9.17) is 11.6 Å². The molecule has 0 aliphatic rings. The normalized spacial score (nSPS) is 12.1. The Hall–Kier alpha value is -2.19. The van der Waals surface area contributed by atoms with Crippen molar-refractivity contribution in [2.24, 2.45) is 12.0 Å². The molecule has 0 atom stereocenters. The lowest BCUT2D eigenvalue weighted by molar-refractivity contribution is 0.462. The summed E-state index contributed by atoms with van der Waals surface area (Å²) < 4.78 is 27.5. The molecule has 0 aliphatic heterocycles. The van der Waals surface area contributed by atoms with E-state index in [9.17, 15) is 8.42 Å². The molecule has 0 saturated carbocycles. The Labute approximate surface area is 159 Å². The van der Waals surface area contributed by atoms with Crippen LogP contribution in [0.15, 0.2) is 41.5 Å². The Morgan fingerprint density at radius 3 is 2.62 bits per heavy atom. The standard InChI is InChI=1S/C17H24ClN5O2S/c1-19-17(23(3)12-15-9-14(18)11-22(15)2)20-10-13-7-5-6-8-16(13)21-26(4,24)25/h5-9,11,21H,10,12H2,1-4H3,(H,19,20). The van der Waals surface area contributed by atoms with Gasteiger partial charge in [0.05, 0.1) is 23.5 Å². The van der Waals surface area contributed by atoms with E-state index in [0.717, 1.165) is 17.5 Å². The predicted molar refractivity (Wildman–Crippen MR) is 107 cm³/mol. The third-order valence-electron chi connectivity index (χ3n) is 3.80. The van der Waals surface area contributed by atoms with Crippen LogP contribution in [0, 0.1) is 0 Å². The van der Waals surface area contributed by atoms with Crippen LogP contribution in [0.1, 0.15) is 11.3 Å². The molecule has 0 fully saturated rings. The van der Waals surface area contributed by atoms with Crippen LogP contribution in [0.5, 0.6) is 0 Å². The van der Waals surface area contributed by atoms with Crippen molar-refractivity contribution in [3.8, 4) is 0 Å². The third-order valence-corrected chi connectivity index (χ3v) is 4.59. The van der Waals surface area contributed by atoms with Crippen molar-refractivity contribution >= 4 is 33.3 Å². The van der Waals surface area contributed by atoms with Gasteiger partial charge in [0, 0.05) is 39.6 Å². The lowest BCUT2D eigenvalue weighted by atomic mass is 10.2. The molecular weight excluding hydrogens is 374 g/mol. The molecule has 2 aromatic rings. The van der Waals surface area contributed by atoms with Gasteiger partial charge in [0.1, 0.15) is 0 Å². The largest absolute Gasteiger partial charge is 0.352 e. The highest BCUT2D eigenvalue weighted by atomic mass is 35.5. The summed E-state index contributed by atoms with van der Waals surface area (Å²) in [5.41, 5.74) is 2.43. The van der Waals surface area contributed by atoms with E-state index in [1.807, 2.05) is 48.0 Å². The van der Waals surface area contributed by atoms with Gasteiger partial charge in [0.25, 0.3) is 0 Å². The number of hydrogen-bond donors (Lipinski definition) is 2. The van der Waals surface area contributed by atoms with E-state index in [2.05, 4.69) is 15.0 Å². The second-order valence-electron chi connectivity index (χ2n) is 6.05. The number of guanidine groups is 1. The number of hydrogen-bond acceptors (Lipinski definition) is 3. The summed E-state index contributed by atoms with van der Waals surface area (Å²) in [7, 11) is 2.24. The number of para-hydroxylation sites is 1. The molecule has 7 nitrogen and oxygen atoms in total. The summed E-state index contributed by atoms with van der Waals surface area (Å²) in [6.45, 7) is 1.07. The minimum Gasteiger partial charge on any atom is -0.352 e. The Morgan fingerprint density at radius 1 is 1.35 bits per heavy atom. The second-order valence-corrected chi connectivity index (χ2v) is 8.23. The Kier molecular flexibility index (Phi) is 6.55. The van der Waals surface area contributed by atoms with Crippen molar-refractivity contribution in [3.05, 3.63) is 52.8 Å². The molecule has 1 aromatic carbocycles. The Bertz CT molecular complexity index is 892. The smallest absolute Gasteiger partial charge is 0.229 e. The van der Waals surface area contributed by atoms with Crippen molar-refractivity contribution in [1.29, 1.82) is 0 Å². The van der Waals surface area contributed by atoms with Crippen molar-refractivity contribution in [2.45, 2.75) is 13.1 Å². The van der Waals surface area contributed by atoms with Gasteiger partial charge in [0.15, 0.2) is 5.96 Å². The minimum absolute atomic E-state index is 0.434. The summed E-state index contributed by atoms with van der Waals surface area (Å²) in [6, 6.07) is 9.16. The molecule has 26 heavy (non-hydrogen) atoms. The summed E-state index contributed by atoms with van der Waals surface area (Å²) in [4.78, 5) is 6.26. The van der Waals surface area contributed by atoms with Gasteiger partial charge in [-0.3, -0.25) is 9.71 Å². The quantitative estimate of drug-likeness (QED) is 0.579. The number of benzene rings is 1. The lowest BCUT2D eigenvalue weighted by Gasteiger charge is -2.23. The van der Waals surface area contributed by atoms with Crippen LogP contribution in [0.4, 0.5) is 5.69 Å². The van der Waals surface area contributed by atoms with Crippen LogP contribution in [-0.4, -0.2) is 44.2 Å². The van der Waals surface area contributed by atoms with Crippen LogP contribution in [0.25, 0.3) is 0 Å². The summed E-state index contributed by atoms with van der Waals surface area (Å²) in [5, 5.41) is 3.95. The van der Waals surface area contributed by atoms with Crippen LogP contribution in [0.2, 0.25) is 5.02 Å². The van der Waals surface area contributed by atoms with Gasteiger partial charge in [0.2, 0.25) is 10.0 Å². The number of aliphatic imine (C=N–C) groups is 1. The molecule has 1 aromatic heterocycles. The van der Waals surface area contributed by atoms with E-state index in [-0.39, 0.29) is 0 Å². The third kappa shape index (κ3) is 5.67. The van der Waals surface area contributed by atoms with Crippen LogP contribution in [0.3, 0.4) is 0 Å². The monoisotopic (exact) mass is 397 g/mol. The van der Waals surface area contributed by atoms with Gasteiger partial charge in [-0.2, -0.15) is 0 Å². The molecule has 0 amide bonds. The van der Waals surface area contributed by atoms with Crippen LogP contribution in [-0.2, 0) is 30.2 Å². The lowest BCUT2D eigenvalue weighted by Crippen LogP contribution is -2.38. The van der Waals surface area contributed by atoms with Gasteiger partial charge in [-0.05, 0) is 17.7 Å². The highest BCUT2D eigenvalue weighted by Crippen LogP contribution is 2.17. The molecule has 0 spiro atoms. The van der Waals surface area contributed by atoms with Crippen LogP contribution < -0.4 is 10.0 Å². The van der Waals surface area contributed by atoms with Crippen molar-refractivity contribution in [1.82, 2.24) is 14.8 Å². The van der Waals surface area contributed by atoms with Gasteiger partial charge < -0.3 is 14.8 Å². The molecule has 0 unspecified atom stereocenters.